The molecule has 1 fully saturated rings. The number of hydrogen-bond donors (Lipinski definition) is 2. The molecule has 3 aromatic rings. The Kier molecular flexibility index (Phi) is 9.64. The fourth-order valence-electron chi connectivity index (χ4n) is 4.74. The van der Waals surface area contributed by atoms with Crippen molar-refractivity contribution in [1.82, 2.24) is 14.9 Å². The third-order valence-electron chi connectivity index (χ3n) is 7.10. The summed E-state index contributed by atoms with van der Waals surface area (Å²) in [4.78, 5) is 24.7. The molecule has 2 aromatic carbocycles. The average Bonchev–Trinajstić information content (AvgIpc) is 2.90. The summed E-state index contributed by atoms with van der Waals surface area (Å²) >= 11 is 6.43. The van der Waals surface area contributed by atoms with Crippen LogP contribution in [0, 0.1) is 5.92 Å². The summed E-state index contributed by atoms with van der Waals surface area (Å²) in [5, 5.41) is 3.17. The third-order valence-corrected chi connectivity index (χ3v) is 8.00. The molecular formula is C30H38ClN5O5S. The standard InChI is InChI=1S/C30H38ClN5O5S/c1-30(2,3)21-17-23(28(40-5)24(18-21)35-42(6,38)39)33-29(37)20-7-8-22(31)25(16-20)41-27-9-12-32-26(34-27)15-19-10-13-36(4)14-11-19/h7-9,12,16-19,35H,10-11,13-15H2,1-6H3,(H,33,37). The number of hydrogen-bond acceptors (Lipinski definition) is 8. The van der Waals surface area contributed by atoms with Gasteiger partial charge in [-0.3, -0.25) is 9.52 Å². The lowest BCUT2D eigenvalue weighted by atomic mass is 9.86. The summed E-state index contributed by atoms with van der Waals surface area (Å²) in [5.41, 5.74) is 1.26. The zero-order valence-electron chi connectivity index (χ0n) is 24.8. The van der Waals surface area contributed by atoms with Crippen molar-refractivity contribution < 1.29 is 22.7 Å². The zero-order valence-corrected chi connectivity index (χ0v) is 26.4. The van der Waals surface area contributed by atoms with E-state index in [1.165, 1.54) is 13.2 Å². The van der Waals surface area contributed by atoms with Crippen LogP contribution in [0.1, 0.15) is 55.4 Å². The fraction of sp³-hybridized carbons (Fsp3) is 0.433. The van der Waals surface area contributed by atoms with Crippen LogP contribution in [0.25, 0.3) is 0 Å². The second-order valence-corrected chi connectivity index (χ2v) is 13.8. The van der Waals surface area contributed by atoms with E-state index in [0.29, 0.717) is 28.3 Å². The molecular weight excluding hydrogens is 578 g/mol. The van der Waals surface area contributed by atoms with Crippen LogP contribution in [0.15, 0.2) is 42.6 Å². The van der Waals surface area contributed by atoms with E-state index in [9.17, 15) is 13.2 Å². The SMILES string of the molecule is COc1c(NC(=O)c2ccc(Cl)c(Oc3ccnc(CC4CCN(C)CC4)n3)c2)cc(C(C)(C)C)cc1NS(C)(=O)=O. The quantitative estimate of drug-likeness (QED) is 0.313. The van der Waals surface area contributed by atoms with Gasteiger partial charge in [-0.2, -0.15) is 4.98 Å². The van der Waals surface area contributed by atoms with Crippen molar-refractivity contribution in [2.24, 2.45) is 5.92 Å². The molecule has 4 rings (SSSR count). The molecule has 1 aromatic heterocycles. The van der Waals surface area contributed by atoms with Crippen LogP contribution in [0.5, 0.6) is 17.4 Å². The second-order valence-electron chi connectivity index (χ2n) is 11.7. The van der Waals surface area contributed by atoms with Gasteiger partial charge in [0.05, 0.1) is 29.8 Å². The van der Waals surface area contributed by atoms with Gasteiger partial charge in [0.15, 0.2) is 5.75 Å². The van der Waals surface area contributed by atoms with Gasteiger partial charge < -0.3 is 19.7 Å². The van der Waals surface area contributed by atoms with Crippen LogP contribution in [-0.4, -0.2) is 62.7 Å². The van der Waals surface area contributed by atoms with Crippen molar-refractivity contribution in [3.63, 3.8) is 0 Å². The van der Waals surface area contributed by atoms with Gasteiger partial charge in [0.25, 0.3) is 5.91 Å². The van der Waals surface area contributed by atoms with Crippen LogP contribution in [0.4, 0.5) is 11.4 Å². The Bertz CT molecular complexity index is 1550. The van der Waals surface area contributed by atoms with E-state index in [1.54, 1.807) is 36.5 Å². The van der Waals surface area contributed by atoms with Gasteiger partial charge in [-0.1, -0.05) is 32.4 Å². The largest absolute Gasteiger partial charge is 0.492 e. The van der Waals surface area contributed by atoms with Crippen molar-refractivity contribution in [2.45, 2.75) is 45.4 Å². The topological polar surface area (TPSA) is 123 Å². The molecule has 0 aliphatic carbocycles. The first-order valence-electron chi connectivity index (χ1n) is 13.7. The number of nitrogens with zero attached hydrogens (tertiary/aromatic N) is 3. The number of methoxy groups -OCH3 is 1. The van der Waals surface area contributed by atoms with Crippen LogP contribution in [0.2, 0.25) is 5.02 Å². The minimum absolute atomic E-state index is 0.185. The zero-order chi connectivity index (χ0) is 30.7. The molecule has 2 heterocycles. The van der Waals surface area contributed by atoms with E-state index in [4.69, 9.17) is 21.1 Å². The average molecular weight is 616 g/mol. The van der Waals surface area contributed by atoms with Crippen LogP contribution in [-0.2, 0) is 21.9 Å². The van der Waals surface area contributed by atoms with Crippen LogP contribution < -0.4 is 19.5 Å². The Hall–Kier alpha value is -3.41. The Labute approximate surface area is 252 Å². The smallest absolute Gasteiger partial charge is 0.255 e. The van der Waals surface area contributed by atoms with Gasteiger partial charge in [-0.25, -0.2) is 13.4 Å². The van der Waals surface area contributed by atoms with Crippen molar-refractivity contribution in [2.75, 3.05) is 43.5 Å². The molecule has 0 spiro atoms. The lowest BCUT2D eigenvalue weighted by molar-refractivity contribution is 0.102. The predicted molar refractivity (Wildman–Crippen MR) is 166 cm³/mol. The summed E-state index contributed by atoms with van der Waals surface area (Å²) < 4.78 is 38.1. The maximum atomic E-state index is 13.4. The summed E-state index contributed by atoms with van der Waals surface area (Å²) in [6.07, 6.45) is 5.69. The Morgan fingerprint density at radius 2 is 1.81 bits per heavy atom. The number of rotatable bonds is 9. The van der Waals surface area contributed by atoms with E-state index in [0.717, 1.165) is 44.2 Å². The van der Waals surface area contributed by atoms with Gasteiger partial charge in [0.2, 0.25) is 15.9 Å². The lowest BCUT2D eigenvalue weighted by Gasteiger charge is -2.28. The van der Waals surface area contributed by atoms with E-state index in [2.05, 4.69) is 32.0 Å². The molecule has 42 heavy (non-hydrogen) atoms. The van der Waals surface area contributed by atoms with Gasteiger partial charge in [-0.15, -0.1) is 0 Å². The van der Waals surface area contributed by atoms with Crippen molar-refractivity contribution in [1.29, 1.82) is 0 Å². The molecule has 12 heteroatoms. The minimum atomic E-state index is -3.61. The van der Waals surface area contributed by atoms with Gasteiger partial charge in [-0.05, 0) is 80.2 Å². The molecule has 0 atom stereocenters. The molecule has 2 N–H and O–H groups in total. The van der Waals surface area contributed by atoms with Gasteiger partial charge in [0, 0.05) is 24.2 Å². The number of ether oxygens (including phenoxy) is 2. The summed E-state index contributed by atoms with van der Waals surface area (Å²) in [6, 6.07) is 9.81. The number of aromatic nitrogens is 2. The van der Waals surface area contributed by atoms with E-state index in [-0.39, 0.29) is 28.2 Å². The number of carbonyl (C=O) groups excluding carboxylic acids is 1. The number of halogens is 1. The van der Waals surface area contributed by atoms with Crippen LogP contribution >= 0.6 is 11.6 Å². The van der Waals surface area contributed by atoms with E-state index in [1.807, 2.05) is 20.8 Å². The third kappa shape index (κ3) is 8.33. The number of sulfonamides is 1. The molecule has 1 amide bonds. The highest BCUT2D eigenvalue weighted by molar-refractivity contribution is 7.92. The summed E-state index contributed by atoms with van der Waals surface area (Å²) in [7, 11) is -0.0696. The number of carbonyl (C=O) groups is 1. The molecule has 1 aliphatic rings. The maximum Gasteiger partial charge on any atom is 0.255 e. The Morgan fingerprint density at radius 1 is 1.12 bits per heavy atom. The second kappa shape index (κ2) is 12.8. The number of likely N-dealkylation sites (tertiary alicyclic amines) is 1. The van der Waals surface area contributed by atoms with Crippen LogP contribution in [0.3, 0.4) is 0 Å². The highest BCUT2D eigenvalue weighted by atomic mass is 35.5. The highest BCUT2D eigenvalue weighted by Crippen LogP contribution is 2.39. The molecule has 0 bridgehead atoms. The van der Waals surface area contributed by atoms with Gasteiger partial charge >= 0.3 is 0 Å². The molecule has 226 valence electrons. The first-order valence-corrected chi connectivity index (χ1v) is 16.0. The first-order chi connectivity index (χ1) is 19.7. The normalized spacial score (nSPS) is 14.8. The Balaban J connectivity index is 1.57. The highest BCUT2D eigenvalue weighted by Gasteiger charge is 2.23. The number of anilines is 2. The molecule has 0 saturated carbocycles. The Morgan fingerprint density at radius 3 is 2.45 bits per heavy atom. The predicted octanol–water partition coefficient (Wildman–Crippen LogP) is 5.74. The number of nitrogens with one attached hydrogen (secondary N) is 2. The molecule has 1 saturated heterocycles. The van der Waals surface area contributed by atoms with E-state index < -0.39 is 15.9 Å². The van der Waals surface area contributed by atoms with E-state index >= 15 is 0 Å². The van der Waals surface area contributed by atoms with Crippen molar-refractivity contribution in [3.8, 4) is 17.4 Å². The lowest BCUT2D eigenvalue weighted by Crippen LogP contribution is -2.31. The molecule has 0 unspecified atom stereocenters. The number of piperidine rings is 1. The number of amides is 1. The maximum absolute atomic E-state index is 13.4. The molecule has 1 aliphatic heterocycles. The van der Waals surface area contributed by atoms with Crippen molar-refractivity contribution >= 4 is 38.9 Å². The minimum Gasteiger partial charge on any atom is -0.492 e. The summed E-state index contributed by atoms with van der Waals surface area (Å²) in [6.45, 7) is 8.08. The fourth-order valence-corrected chi connectivity index (χ4v) is 5.45. The summed E-state index contributed by atoms with van der Waals surface area (Å²) in [5.74, 6) is 1.55. The van der Waals surface area contributed by atoms with Crippen molar-refractivity contribution in [3.05, 3.63) is 64.6 Å². The molecule has 0 radical (unpaired) electrons. The first kappa shape index (κ1) is 31.5. The van der Waals surface area contributed by atoms with Gasteiger partial charge in [0.1, 0.15) is 11.6 Å². The number of benzene rings is 2. The molecule has 10 nitrogen and oxygen atoms in total. The monoisotopic (exact) mass is 615 g/mol.